The first kappa shape index (κ1) is 8.61. The highest BCUT2D eigenvalue weighted by Crippen LogP contribution is 2.23. The maximum Gasteiger partial charge on any atom is 0.0368 e. The van der Waals surface area contributed by atoms with Gasteiger partial charge in [0.05, 0.1) is 0 Å². The van der Waals surface area contributed by atoms with Gasteiger partial charge >= 0.3 is 0 Å². The van der Waals surface area contributed by atoms with Crippen LogP contribution in [0.25, 0.3) is 0 Å². The second-order valence-corrected chi connectivity index (χ2v) is 3.87. The molecule has 1 aromatic rings. The standard InChI is InChI=1S/C12H17N/c1-11-7-5-6-10-13(11)12-8-3-2-4-9-12/h2-4,8-9,11H,5-7,10H2,1H3. The van der Waals surface area contributed by atoms with Gasteiger partial charge < -0.3 is 4.90 Å². The minimum absolute atomic E-state index is 0.719. The van der Waals surface area contributed by atoms with Gasteiger partial charge in [-0.25, -0.2) is 0 Å². The average molecular weight is 175 g/mol. The van der Waals surface area contributed by atoms with Crippen LogP contribution in [0.3, 0.4) is 0 Å². The first-order valence-electron chi connectivity index (χ1n) is 5.19. The molecule has 1 heterocycles. The van der Waals surface area contributed by atoms with E-state index in [4.69, 9.17) is 0 Å². The topological polar surface area (TPSA) is 3.24 Å². The van der Waals surface area contributed by atoms with Crippen molar-refractivity contribution < 1.29 is 0 Å². The van der Waals surface area contributed by atoms with Gasteiger partial charge in [0.2, 0.25) is 0 Å². The third-order valence-electron chi connectivity index (χ3n) is 2.89. The highest BCUT2D eigenvalue weighted by atomic mass is 15.2. The molecule has 1 aliphatic heterocycles. The van der Waals surface area contributed by atoms with Crippen molar-refractivity contribution in [1.29, 1.82) is 0 Å². The molecular weight excluding hydrogens is 158 g/mol. The summed E-state index contributed by atoms with van der Waals surface area (Å²) in [5.41, 5.74) is 1.38. The van der Waals surface area contributed by atoms with Crippen LogP contribution in [0.4, 0.5) is 5.69 Å². The quantitative estimate of drug-likeness (QED) is 0.634. The molecule has 13 heavy (non-hydrogen) atoms. The van der Waals surface area contributed by atoms with Gasteiger partial charge in [-0.2, -0.15) is 0 Å². The highest BCUT2D eigenvalue weighted by molar-refractivity contribution is 5.47. The molecule has 1 fully saturated rings. The second kappa shape index (κ2) is 3.82. The van der Waals surface area contributed by atoms with Crippen molar-refractivity contribution in [3.63, 3.8) is 0 Å². The Morgan fingerprint density at radius 1 is 1.15 bits per heavy atom. The molecular formula is C12H17N. The molecule has 0 amide bonds. The van der Waals surface area contributed by atoms with E-state index in [0.717, 1.165) is 6.04 Å². The van der Waals surface area contributed by atoms with Gasteiger partial charge in [0, 0.05) is 18.3 Å². The van der Waals surface area contributed by atoms with Crippen LogP contribution in [-0.2, 0) is 0 Å². The Hall–Kier alpha value is -0.980. The minimum Gasteiger partial charge on any atom is -0.369 e. The van der Waals surface area contributed by atoms with E-state index in [-0.39, 0.29) is 0 Å². The lowest BCUT2D eigenvalue weighted by Crippen LogP contribution is -2.37. The van der Waals surface area contributed by atoms with E-state index < -0.39 is 0 Å². The Morgan fingerprint density at radius 2 is 1.92 bits per heavy atom. The lowest BCUT2D eigenvalue weighted by molar-refractivity contribution is 0.485. The van der Waals surface area contributed by atoms with Gasteiger partial charge in [0.1, 0.15) is 0 Å². The Labute approximate surface area is 80.4 Å². The predicted molar refractivity (Wildman–Crippen MR) is 57.1 cm³/mol. The molecule has 0 aromatic heterocycles. The van der Waals surface area contributed by atoms with Crippen LogP contribution in [0.5, 0.6) is 0 Å². The number of piperidine rings is 1. The Bertz CT molecular complexity index is 255. The summed E-state index contributed by atoms with van der Waals surface area (Å²) < 4.78 is 0. The van der Waals surface area contributed by atoms with Crippen LogP contribution in [0, 0.1) is 0 Å². The summed E-state index contributed by atoms with van der Waals surface area (Å²) in [5, 5.41) is 0. The summed E-state index contributed by atoms with van der Waals surface area (Å²) in [7, 11) is 0. The van der Waals surface area contributed by atoms with Crippen molar-refractivity contribution in [3.8, 4) is 0 Å². The number of anilines is 1. The van der Waals surface area contributed by atoms with E-state index in [2.05, 4.69) is 42.2 Å². The van der Waals surface area contributed by atoms with E-state index >= 15 is 0 Å². The zero-order valence-corrected chi connectivity index (χ0v) is 8.24. The second-order valence-electron chi connectivity index (χ2n) is 3.87. The maximum atomic E-state index is 2.52. The van der Waals surface area contributed by atoms with Crippen LogP contribution in [0.1, 0.15) is 26.2 Å². The van der Waals surface area contributed by atoms with Gasteiger partial charge in [-0.05, 0) is 38.3 Å². The van der Waals surface area contributed by atoms with Crippen molar-refractivity contribution in [2.24, 2.45) is 0 Å². The molecule has 0 saturated carbocycles. The fraction of sp³-hybridized carbons (Fsp3) is 0.500. The average Bonchev–Trinajstić information content (AvgIpc) is 2.20. The van der Waals surface area contributed by atoms with Crippen molar-refractivity contribution >= 4 is 5.69 Å². The summed E-state index contributed by atoms with van der Waals surface area (Å²) in [4.78, 5) is 2.52. The monoisotopic (exact) mass is 175 g/mol. The zero-order chi connectivity index (χ0) is 9.10. The van der Waals surface area contributed by atoms with Crippen molar-refractivity contribution in [1.82, 2.24) is 0 Å². The van der Waals surface area contributed by atoms with Gasteiger partial charge in [-0.3, -0.25) is 0 Å². The summed E-state index contributed by atoms with van der Waals surface area (Å²) in [6.07, 6.45) is 4.08. The lowest BCUT2D eigenvalue weighted by atomic mass is 10.0. The first-order valence-corrected chi connectivity index (χ1v) is 5.19. The van der Waals surface area contributed by atoms with Crippen molar-refractivity contribution in [3.05, 3.63) is 30.3 Å². The molecule has 1 aromatic carbocycles. The molecule has 2 rings (SSSR count). The van der Waals surface area contributed by atoms with Gasteiger partial charge in [0.25, 0.3) is 0 Å². The number of hydrogen-bond acceptors (Lipinski definition) is 1. The van der Waals surface area contributed by atoms with E-state index in [1.54, 1.807) is 0 Å². The minimum atomic E-state index is 0.719. The van der Waals surface area contributed by atoms with Gasteiger partial charge in [-0.1, -0.05) is 18.2 Å². The smallest absolute Gasteiger partial charge is 0.0368 e. The molecule has 1 nitrogen and oxygen atoms in total. The lowest BCUT2D eigenvalue weighted by Gasteiger charge is -2.35. The maximum absolute atomic E-state index is 2.52. The van der Waals surface area contributed by atoms with Gasteiger partial charge in [-0.15, -0.1) is 0 Å². The number of rotatable bonds is 1. The van der Waals surface area contributed by atoms with E-state index in [9.17, 15) is 0 Å². The fourth-order valence-corrected chi connectivity index (χ4v) is 2.10. The van der Waals surface area contributed by atoms with Gasteiger partial charge in [0.15, 0.2) is 0 Å². The fourth-order valence-electron chi connectivity index (χ4n) is 2.10. The summed E-state index contributed by atoms with van der Waals surface area (Å²) in [6.45, 7) is 3.55. The number of hydrogen-bond donors (Lipinski definition) is 0. The van der Waals surface area contributed by atoms with Crippen LogP contribution in [-0.4, -0.2) is 12.6 Å². The molecule has 0 N–H and O–H groups in total. The van der Waals surface area contributed by atoms with Crippen molar-refractivity contribution in [2.45, 2.75) is 32.2 Å². The molecule has 1 heteroatoms. The largest absolute Gasteiger partial charge is 0.369 e. The molecule has 70 valence electrons. The summed E-state index contributed by atoms with van der Waals surface area (Å²) in [6, 6.07) is 11.5. The SMILES string of the molecule is CC1CCCCN1c1ccccc1. The molecule has 1 saturated heterocycles. The number of para-hydroxylation sites is 1. The van der Waals surface area contributed by atoms with Crippen LogP contribution in [0.2, 0.25) is 0 Å². The molecule has 0 radical (unpaired) electrons. The summed E-state index contributed by atoms with van der Waals surface area (Å²) in [5.74, 6) is 0. The predicted octanol–water partition coefficient (Wildman–Crippen LogP) is 3.07. The number of nitrogens with zero attached hydrogens (tertiary/aromatic N) is 1. The molecule has 0 spiro atoms. The van der Waals surface area contributed by atoms with E-state index in [1.807, 2.05) is 0 Å². The summed E-state index contributed by atoms with van der Waals surface area (Å²) >= 11 is 0. The third kappa shape index (κ3) is 1.85. The molecule has 0 bridgehead atoms. The number of benzene rings is 1. The van der Waals surface area contributed by atoms with Crippen molar-refractivity contribution in [2.75, 3.05) is 11.4 Å². The Morgan fingerprint density at radius 3 is 2.62 bits per heavy atom. The Balaban J connectivity index is 2.15. The Kier molecular flexibility index (Phi) is 2.53. The first-order chi connectivity index (χ1) is 6.38. The third-order valence-corrected chi connectivity index (χ3v) is 2.89. The molecule has 1 aliphatic rings. The molecule has 1 unspecified atom stereocenters. The molecule has 1 atom stereocenters. The molecule has 0 aliphatic carbocycles. The van der Waals surface area contributed by atoms with E-state index in [1.165, 1.54) is 31.5 Å². The highest BCUT2D eigenvalue weighted by Gasteiger charge is 2.17. The van der Waals surface area contributed by atoms with Crippen LogP contribution >= 0.6 is 0 Å². The zero-order valence-electron chi connectivity index (χ0n) is 8.24. The van der Waals surface area contributed by atoms with E-state index in [0.29, 0.717) is 0 Å². The normalized spacial score (nSPS) is 23.2. The van der Waals surface area contributed by atoms with Crippen LogP contribution < -0.4 is 4.90 Å². The van der Waals surface area contributed by atoms with Crippen LogP contribution in [0.15, 0.2) is 30.3 Å².